The van der Waals surface area contributed by atoms with E-state index in [-0.39, 0.29) is 5.41 Å². The average molecular weight is 243 g/mol. The Morgan fingerprint density at radius 3 is 2.80 bits per heavy atom. The largest absolute Gasteiger partial charge is 0.237 e. The summed E-state index contributed by atoms with van der Waals surface area (Å²) in [6.07, 6.45) is 0. The Balaban J connectivity index is 2.48. The minimum atomic E-state index is -0.941. The van der Waals surface area contributed by atoms with Gasteiger partial charge in [0.1, 0.15) is 11.0 Å². The number of thiophene rings is 1. The van der Waals surface area contributed by atoms with Gasteiger partial charge in [-0.1, -0.05) is 20.8 Å². The highest BCUT2D eigenvalue weighted by Crippen LogP contribution is 2.44. The molecule has 1 aromatic rings. The van der Waals surface area contributed by atoms with Gasteiger partial charge in [-0.05, 0) is 16.9 Å². The molecule has 0 saturated heterocycles. The molecule has 2 atom stereocenters. The van der Waals surface area contributed by atoms with Crippen molar-refractivity contribution in [2.45, 2.75) is 31.6 Å². The zero-order valence-corrected chi connectivity index (χ0v) is 11.2. The van der Waals surface area contributed by atoms with Crippen molar-refractivity contribution in [3.05, 3.63) is 16.3 Å². The maximum Gasteiger partial charge on any atom is 0.128 e. The third-order valence-corrected chi connectivity index (χ3v) is 5.54. The van der Waals surface area contributed by atoms with E-state index >= 15 is 0 Å². The topological polar surface area (TPSA) is 20.3 Å². The van der Waals surface area contributed by atoms with Gasteiger partial charge in [0.15, 0.2) is 0 Å². The first-order valence-corrected chi connectivity index (χ1v) is 7.10. The molecule has 2 unspecified atom stereocenters. The van der Waals surface area contributed by atoms with E-state index in [1.54, 1.807) is 11.3 Å². The summed E-state index contributed by atoms with van der Waals surface area (Å²) in [5.41, 5.74) is 0.235. The summed E-state index contributed by atoms with van der Waals surface area (Å²) in [6.45, 7) is 7.65. The van der Waals surface area contributed by atoms with E-state index in [0.717, 1.165) is 11.4 Å². The lowest BCUT2D eigenvalue weighted by atomic mass is 9.79. The fraction of sp³-hybridized carbons (Fsp3) is 0.636. The quantitative estimate of drug-likeness (QED) is 0.686. The van der Waals surface area contributed by atoms with Crippen LogP contribution >= 0.6 is 11.3 Å². The molecule has 0 aromatic carbocycles. The second kappa shape index (κ2) is 3.68. The van der Waals surface area contributed by atoms with Crippen molar-refractivity contribution in [3.63, 3.8) is 0 Å². The number of nitrogens with zero attached hydrogens (tertiary/aromatic N) is 1. The summed E-state index contributed by atoms with van der Waals surface area (Å²) in [7, 11) is 0.999. The molecule has 2 rings (SSSR count). The molecule has 0 bridgehead atoms. The summed E-state index contributed by atoms with van der Waals surface area (Å²) >= 11 is 1.75. The third kappa shape index (κ3) is 1.90. The van der Waals surface area contributed by atoms with Crippen molar-refractivity contribution in [2.75, 3.05) is 13.6 Å². The second-order valence-electron chi connectivity index (χ2n) is 5.13. The number of rotatable bonds is 0. The molecule has 0 amide bonds. The average Bonchev–Trinajstić information content (AvgIpc) is 2.57. The van der Waals surface area contributed by atoms with Gasteiger partial charge in [0.05, 0.1) is 4.90 Å². The molecule has 1 aromatic heterocycles. The van der Waals surface area contributed by atoms with Crippen molar-refractivity contribution in [3.8, 4) is 0 Å². The smallest absolute Gasteiger partial charge is 0.128 e. The number of likely N-dealkylation sites (N-methyl/N-ethyl adjacent to an activating group) is 1. The fourth-order valence-electron chi connectivity index (χ4n) is 1.95. The highest BCUT2D eigenvalue weighted by molar-refractivity contribution is 7.83. The van der Waals surface area contributed by atoms with Crippen molar-refractivity contribution < 1.29 is 4.21 Å². The van der Waals surface area contributed by atoms with Crippen LogP contribution in [-0.2, 0) is 11.0 Å². The standard InChI is InChI=1S/C11H17NOS2/c1-11(2,3)8-7-12(4)15(13)9-5-6-14-10(8)9/h5-6,8H,7H2,1-4H3. The Labute approximate surface area is 97.9 Å². The van der Waals surface area contributed by atoms with Gasteiger partial charge in [-0.25, -0.2) is 8.51 Å². The molecule has 1 aliphatic rings. The highest BCUT2D eigenvalue weighted by Gasteiger charge is 2.36. The van der Waals surface area contributed by atoms with Crippen molar-refractivity contribution >= 4 is 22.3 Å². The van der Waals surface area contributed by atoms with Gasteiger partial charge < -0.3 is 0 Å². The van der Waals surface area contributed by atoms with E-state index in [4.69, 9.17) is 0 Å². The van der Waals surface area contributed by atoms with Crippen molar-refractivity contribution in [1.82, 2.24) is 4.31 Å². The maximum atomic E-state index is 12.0. The number of fused-ring (bicyclic) bond motifs is 1. The fourth-order valence-corrected chi connectivity index (χ4v) is 4.64. The molecule has 0 fully saturated rings. The van der Waals surface area contributed by atoms with Crippen LogP contribution in [0.3, 0.4) is 0 Å². The molecular weight excluding hydrogens is 226 g/mol. The number of hydrogen-bond donors (Lipinski definition) is 0. The lowest BCUT2D eigenvalue weighted by Crippen LogP contribution is -2.37. The first kappa shape index (κ1) is 11.3. The predicted molar refractivity (Wildman–Crippen MR) is 65.6 cm³/mol. The Bertz CT molecular complexity index is 392. The maximum absolute atomic E-state index is 12.0. The van der Waals surface area contributed by atoms with E-state index in [9.17, 15) is 4.21 Å². The van der Waals surface area contributed by atoms with E-state index < -0.39 is 11.0 Å². The zero-order chi connectivity index (χ0) is 11.2. The van der Waals surface area contributed by atoms with E-state index in [0.29, 0.717) is 5.92 Å². The van der Waals surface area contributed by atoms with Crippen LogP contribution in [0.4, 0.5) is 0 Å². The van der Waals surface area contributed by atoms with Crippen LogP contribution in [0.5, 0.6) is 0 Å². The molecule has 2 nitrogen and oxygen atoms in total. The lowest BCUT2D eigenvalue weighted by Gasteiger charge is -2.37. The summed E-state index contributed by atoms with van der Waals surface area (Å²) in [4.78, 5) is 2.34. The normalized spacial score (nSPS) is 27.7. The van der Waals surface area contributed by atoms with E-state index in [2.05, 4.69) is 26.2 Å². The van der Waals surface area contributed by atoms with Gasteiger partial charge in [-0.15, -0.1) is 11.3 Å². The van der Waals surface area contributed by atoms with Crippen LogP contribution in [0.15, 0.2) is 16.3 Å². The minimum absolute atomic E-state index is 0.235. The van der Waals surface area contributed by atoms with Gasteiger partial charge in [0.2, 0.25) is 0 Å². The van der Waals surface area contributed by atoms with Crippen LogP contribution in [-0.4, -0.2) is 22.1 Å². The van der Waals surface area contributed by atoms with Crippen molar-refractivity contribution in [2.24, 2.45) is 5.41 Å². The Kier molecular flexibility index (Phi) is 2.77. The lowest BCUT2D eigenvalue weighted by molar-refractivity contribution is 0.276. The molecule has 0 saturated carbocycles. The van der Waals surface area contributed by atoms with Gasteiger partial charge in [-0.3, -0.25) is 0 Å². The molecule has 2 heterocycles. The van der Waals surface area contributed by atoms with Gasteiger partial charge in [0.25, 0.3) is 0 Å². The summed E-state index contributed by atoms with van der Waals surface area (Å²) in [6, 6.07) is 2.00. The first-order valence-electron chi connectivity index (χ1n) is 5.11. The predicted octanol–water partition coefficient (Wildman–Crippen LogP) is 2.85. The van der Waals surface area contributed by atoms with Crippen LogP contribution in [0, 0.1) is 5.41 Å². The van der Waals surface area contributed by atoms with Gasteiger partial charge >= 0.3 is 0 Å². The molecule has 0 spiro atoms. The monoisotopic (exact) mass is 243 g/mol. The Hall–Kier alpha value is -0.190. The SMILES string of the molecule is CN1CC(C(C)(C)C)c2sccc2S1=O. The van der Waals surface area contributed by atoms with Gasteiger partial charge in [-0.2, -0.15) is 0 Å². The molecule has 1 aliphatic heterocycles. The first-order chi connectivity index (χ1) is 6.91. The molecule has 84 valence electrons. The Morgan fingerprint density at radius 1 is 1.53 bits per heavy atom. The summed E-state index contributed by atoms with van der Waals surface area (Å²) in [5.74, 6) is 0.496. The Morgan fingerprint density at radius 2 is 2.20 bits per heavy atom. The molecule has 0 aliphatic carbocycles. The summed E-state index contributed by atoms with van der Waals surface area (Å²) < 4.78 is 13.9. The highest BCUT2D eigenvalue weighted by atomic mass is 32.2. The van der Waals surface area contributed by atoms with Crippen LogP contribution in [0.1, 0.15) is 31.6 Å². The molecule has 0 N–H and O–H groups in total. The van der Waals surface area contributed by atoms with E-state index in [1.165, 1.54) is 4.88 Å². The van der Waals surface area contributed by atoms with Crippen molar-refractivity contribution in [1.29, 1.82) is 0 Å². The molecule has 4 heteroatoms. The van der Waals surface area contributed by atoms with Crippen LogP contribution in [0.2, 0.25) is 0 Å². The van der Waals surface area contributed by atoms with Crippen LogP contribution < -0.4 is 0 Å². The third-order valence-electron chi connectivity index (χ3n) is 2.93. The minimum Gasteiger partial charge on any atom is -0.237 e. The second-order valence-corrected chi connectivity index (χ2v) is 7.64. The number of hydrogen-bond acceptors (Lipinski definition) is 2. The van der Waals surface area contributed by atoms with Crippen LogP contribution in [0.25, 0.3) is 0 Å². The van der Waals surface area contributed by atoms with E-state index in [1.807, 2.05) is 17.4 Å². The zero-order valence-electron chi connectivity index (χ0n) is 9.61. The molecule has 0 radical (unpaired) electrons. The molecular formula is C11H17NOS2. The molecule has 15 heavy (non-hydrogen) atoms. The summed E-state index contributed by atoms with van der Waals surface area (Å²) in [5, 5.41) is 2.06. The van der Waals surface area contributed by atoms with Gasteiger partial charge in [0, 0.05) is 24.4 Å².